The smallest absolute Gasteiger partial charge is 0.324 e. The summed E-state index contributed by atoms with van der Waals surface area (Å²) < 4.78 is 23.9. The average molecular weight is 488 g/mol. The highest BCUT2D eigenvalue weighted by Crippen LogP contribution is 2.33. The minimum absolute atomic E-state index is 0.119. The summed E-state index contributed by atoms with van der Waals surface area (Å²) in [6.45, 7) is 11.7. The van der Waals surface area contributed by atoms with Crippen LogP contribution in [-0.2, 0) is 23.2 Å². The van der Waals surface area contributed by atoms with Gasteiger partial charge < -0.3 is 10.6 Å². The van der Waals surface area contributed by atoms with Gasteiger partial charge >= 0.3 is 8.25 Å². The van der Waals surface area contributed by atoms with Gasteiger partial charge in [-0.1, -0.05) is 63.1 Å². The van der Waals surface area contributed by atoms with Gasteiger partial charge in [-0.05, 0) is 62.8 Å². The molecule has 2 unspecified atom stereocenters. The molecule has 0 bridgehead atoms. The van der Waals surface area contributed by atoms with E-state index in [0.717, 1.165) is 11.1 Å². The largest absolute Gasteiger partial charge is 0.699 e. The number of aryl methyl sites for hydroxylation is 2. The fourth-order valence-corrected chi connectivity index (χ4v) is 4.03. The van der Waals surface area contributed by atoms with Crippen LogP contribution in [-0.4, -0.2) is 24.0 Å². The van der Waals surface area contributed by atoms with Crippen molar-refractivity contribution in [3.63, 3.8) is 0 Å². The number of hydrogen-bond donors (Lipinski definition) is 2. The van der Waals surface area contributed by atoms with Crippen molar-refractivity contribution >= 4 is 31.4 Å². The summed E-state index contributed by atoms with van der Waals surface area (Å²) in [6, 6.07) is 14.7. The summed E-state index contributed by atoms with van der Waals surface area (Å²) >= 11 is 0. The fraction of sp³-hybridized carbons (Fsp3) is 0.462. The molecule has 7 nitrogen and oxygen atoms in total. The second kappa shape index (κ2) is 13.3. The Kier molecular flexibility index (Phi) is 10.8. The zero-order valence-electron chi connectivity index (χ0n) is 20.8. The molecule has 2 amide bonds. The van der Waals surface area contributed by atoms with Crippen LogP contribution in [0.1, 0.15) is 51.7 Å². The van der Waals surface area contributed by atoms with Crippen molar-refractivity contribution in [2.24, 2.45) is 11.8 Å². The van der Waals surface area contributed by atoms with Crippen LogP contribution in [0, 0.1) is 25.7 Å². The van der Waals surface area contributed by atoms with Crippen LogP contribution in [0.15, 0.2) is 48.5 Å². The molecule has 0 aliphatic heterocycles. The van der Waals surface area contributed by atoms with Gasteiger partial charge in [-0.3, -0.25) is 9.59 Å². The monoisotopic (exact) mass is 487 g/mol. The highest BCUT2D eigenvalue weighted by atomic mass is 31.1. The molecule has 0 heterocycles. The molecule has 0 aliphatic rings. The zero-order chi connectivity index (χ0) is 25.3. The first-order valence-electron chi connectivity index (χ1n) is 11.6. The zero-order valence-corrected chi connectivity index (χ0v) is 21.7. The van der Waals surface area contributed by atoms with E-state index in [9.17, 15) is 14.2 Å². The predicted octanol–water partition coefficient (Wildman–Crippen LogP) is 6.40. The third-order valence-electron chi connectivity index (χ3n) is 5.02. The third-order valence-corrected chi connectivity index (χ3v) is 5.87. The molecule has 0 fully saturated rings. The van der Waals surface area contributed by atoms with Gasteiger partial charge in [0.25, 0.3) is 11.8 Å². The number of benzene rings is 2. The van der Waals surface area contributed by atoms with Gasteiger partial charge in [-0.15, -0.1) is 9.05 Å². The number of anilines is 2. The number of amides is 2. The molecule has 0 spiro atoms. The Hall–Kier alpha value is -2.60. The lowest BCUT2D eigenvalue weighted by Gasteiger charge is -2.16. The maximum Gasteiger partial charge on any atom is 0.699 e. The van der Waals surface area contributed by atoms with Crippen LogP contribution >= 0.6 is 8.25 Å². The van der Waals surface area contributed by atoms with Crippen LogP contribution < -0.4 is 10.6 Å². The summed E-state index contributed by atoms with van der Waals surface area (Å²) in [7, 11) is -2.72. The molecule has 0 radical (unpaired) electrons. The summed E-state index contributed by atoms with van der Waals surface area (Å²) in [6.07, 6.45) is -1.26. The predicted molar refractivity (Wildman–Crippen MR) is 136 cm³/mol. The normalized spacial score (nSPS) is 13.5. The Bertz CT molecular complexity index is 881. The van der Waals surface area contributed by atoms with E-state index < -0.39 is 32.3 Å². The van der Waals surface area contributed by atoms with Gasteiger partial charge in [0.05, 0.1) is 0 Å². The standard InChI is InChI=1S/C26H35N2O5P/c1-17(2)15-23(25(29)27-21-11-7-19(5)8-12-21)32-34(31)33-24(16-18(3)4)26(30)28-22-13-9-20(6)10-14-22/h7-14,17-18,23-24H,15-16H2,1-6H3,(H-,27,28,29,30)/p+1. The first-order valence-corrected chi connectivity index (χ1v) is 12.7. The molecule has 2 N–H and O–H groups in total. The van der Waals surface area contributed by atoms with E-state index in [-0.39, 0.29) is 11.8 Å². The molecule has 2 atom stereocenters. The second-order valence-corrected chi connectivity index (χ2v) is 10.3. The maximum atomic E-state index is 12.8. The van der Waals surface area contributed by atoms with Crippen molar-refractivity contribution < 1.29 is 23.2 Å². The van der Waals surface area contributed by atoms with Crippen molar-refractivity contribution in [1.29, 1.82) is 0 Å². The van der Waals surface area contributed by atoms with Crippen LogP contribution in [0.3, 0.4) is 0 Å². The van der Waals surface area contributed by atoms with Crippen molar-refractivity contribution in [2.75, 3.05) is 10.6 Å². The van der Waals surface area contributed by atoms with Crippen LogP contribution in [0.5, 0.6) is 0 Å². The van der Waals surface area contributed by atoms with Crippen molar-refractivity contribution in [1.82, 2.24) is 0 Å². The number of hydrogen-bond acceptors (Lipinski definition) is 5. The summed E-state index contributed by atoms with van der Waals surface area (Å²) in [4.78, 5) is 25.7. The number of carbonyl (C=O) groups is 2. The molecule has 8 heteroatoms. The van der Waals surface area contributed by atoms with Crippen molar-refractivity contribution in [3.8, 4) is 0 Å². The van der Waals surface area contributed by atoms with Gasteiger partial charge in [0, 0.05) is 15.9 Å². The topological polar surface area (TPSA) is 93.7 Å². The van der Waals surface area contributed by atoms with Gasteiger partial charge in [0.15, 0.2) is 12.2 Å². The molecular weight excluding hydrogens is 451 g/mol. The lowest BCUT2D eigenvalue weighted by atomic mass is 10.1. The molecule has 0 saturated heterocycles. The quantitative estimate of drug-likeness (QED) is 0.338. The highest BCUT2D eigenvalue weighted by molar-refractivity contribution is 7.33. The average Bonchev–Trinajstić information content (AvgIpc) is 2.75. The van der Waals surface area contributed by atoms with Crippen molar-refractivity contribution in [2.45, 2.75) is 66.6 Å². The molecule has 0 aromatic heterocycles. The SMILES string of the molecule is Cc1ccc(NC(=O)C(CC(C)C)O[P+](=O)OC(CC(C)C)C(=O)Nc2ccc(C)cc2)cc1. The first-order chi connectivity index (χ1) is 16.0. The number of nitrogens with one attached hydrogen (secondary N) is 2. The van der Waals surface area contributed by atoms with Gasteiger partial charge in [0.2, 0.25) is 0 Å². The Labute approximate surface area is 203 Å². The first kappa shape index (κ1) is 27.6. The minimum Gasteiger partial charge on any atom is -0.324 e. The number of rotatable bonds is 12. The van der Waals surface area contributed by atoms with E-state index in [1.807, 2.05) is 65.8 Å². The van der Waals surface area contributed by atoms with E-state index in [1.165, 1.54) is 0 Å². The molecule has 0 saturated carbocycles. The lowest BCUT2D eigenvalue weighted by molar-refractivity contribution is -0.125. The summed E-state index contributed by atoms with van der Waals surface area (Å²) in [5, 5.41) is 5.60. The fourth-order valence-electron chi connectivity index (χ4n) is 3.20. The molecule has 184 valence electrons. The van der Waals surface area contributed by atoms with Crippen LogP contribution in [0.25, 0.3) is 0 Å². The Morgan fingerprint density at radius 3 is 1.32 bits per heavy atom. The van der Waals surface area contributed by atoms with Crippen LogP contribution in [0.4, 0.5) is 11.4 Å². The van der Waals surface area contributed by atoms with Crippen LogP contribution in [0.2, 0.25) is 0 Å². The third kappa shape index (κ3) is 9.72. The van der Waals surface area contributed by atoms with Crippen molar-refractivity contribution in [3.05, 3.63) is 59.7 Å². The second-order valence-electron chi connectivity index (χ2n) is 9.38. The maximum absolute atomic E-state index is 12.8. The Morgan fingerprint density at radius 1 is 0.706 bits per heavy atom. The summed E-state index contributed by atoms with van der Waals surface area (Å²) in [5.74, 6) is -0.579. The molecular formula is C26H36N2O5P+. The number of carbonyl (C=O) groups excluding carboxylic acids is 2. The van der Waals surface area contributed by atoms with E-state index in [4.69, 9.17) is 9.05 Å². The van der Waals surface area contributed by atoms with E-state index >= 15 is 0 Å². The summed E-state index contributed by atoms with van der Waals surface area (Å²) in [5.41, 5.74) is 3.40. The van der Waals surface area contributed by atoms with Gasteiger partial charge in [0.1, 0.15) is 0 Å². The molecule has 34 heavy (non-hydrogen) atoms. The molecule has 0 aliphatic carbocycles. The molecule has 2 rings (SSSR count). The van der Waals surface area contributed by atoms with Gasteiger partial charge in [-0.2, -0.15) is 0 Å². The van der Waals surface area contributed by atoms with E-state index in [0.29, 0.717) is 24.2 Å². The molecule has 2 aromatic carbocycles. The Morgan fingerprint density at radius 2 is 1.03 bits per heavy atom. The highest BCUT2D eigenvalue weighted by Gasteiger charge is 2.38. The van der Waals surface area contributed by atoms with Gasteiger partial charge in [-0.25, -0.2) is 0 Å². The van der Waals surface area contributed by atoms with E-state index in [2.05, 4.69) is 10.6 Å². The lowest BCUT2D eigenvalue weighted by Crippen LogP contribution is -2.32. The molecule has 2 aromatic rings. The van der Waals surface area contributed by atoms with E-state index in [1.54, 1.807) is 24.3 Å². The Balaban J connectivity index is 2.06. The minimum atomic E-state index is -2.72.